The molecule has 5 rings (SSSR count). The fourth-order valence-electron chi connectivity index (χ4n) is 4.96. The van der Waals surface area contributed by atoms with E-state index in [2.05, 4.69) is 48.6 Å². The van der Waals surface area contributed by atoms with E-state index in [9.17, 15) is 14.4 Å². The van der Waals surface area contributed by atoms with Gasteiger partial charge < -0.3 is 20.6 Å². The molecule has 0 aromatic carbocycles. The van der Waals surface area contributed by atoms with Crippen molar-refractivity contribution in [3.05, 3.63) is 40.8 Å². The topological polar surface area (TPSA) is 142 Å². The number of hydrogen-bond acceptors (Lipinski definition) is 7. The van der Waals surface area contributed by atoms with Crippen molar-refractivity contribution < 1.29 is 19.5 Å². The molecule has 3 aromatic heterocycles. The van der Waals surface area contributed by atoms with Gasteiger partial charge in [0.25, 0.3) is 0 Å². The van der Waals surface area contributed by atoms with Crippen molar-refractivity contribution in [3.63, 3.8) is 0 Å². The van der Waals surface area contributed by atoms with Gasteiger partial charge in [0.2, 0.25) is 11.8 Å². The van der Waals surface area contributed by atoms with E-state index in [1.165, 1.54) is 0 Å². The number of carboxylic acids is 1. The minimum absolute atomic E-state index is 0.00503. The summed E-state index contributed by atoms with van der Waals surface area (Å²) in [7, 11) is 0. The number of aromatic nitrogens is 4. The molecule has 0 spiro atoms. The maximum atomic E-state index is 13.6. The zero-order chi connectivity index (χ0) is 25.6. The molecule has 1 aliphatic heterocycles. The maximum absolute atomic E-state index is 13.6. The molecule has 2 aliphatic rings. The first-order chi connectivity index (χ1) is 17.2. The monoisotopic (exact) mass is 555 g/mol. The average Bonchev–Trinajstić information content (AvgIpc) is 3.21. The second kappa shape index (κ2) is 9.16. The molecule has 0 bridgehead atoms. The highest BCUT2D eigenvalue weighted by Crippen LogP contribution is 2.59. The van der Waals surface area contributed by atoms with Crippen LogP contribution in [-0.4, -0.2) is 66.2 Å². The van der Waals surface area contributed by atoms with Gasteiger partial charge in [0.05, 0.1) is 18.1 Å². The van der Waals surface area contributed by atoms with Gasteiger partial charge in [-0.15, -0.1) is 0 Å². The van der Waals surface area contributed by atoms with Crippen molar-refractivity contribution in [2.75, 3.05) is 17.2 Å². The first kappa shape index (κ1) is 24.2. The van der Waals surface area contributed by atoms with Crippen LogP contribution in [0, 0.1) is 12.3 Å². The predicted octanol–water partition coefficient (Wildman–Crippen LogP) is 2.80. The van der Waals surface area contributed by atoms with Gasteiger partial charge in [-0.05, 0) is 58.8 Å². The van der Waals surface area contributed by atoms with Gasteiger partial charge >= 0.3 is 5.97 Å². The predicted molar refractivity (Wildman–Crippen MR) is 135 cm³/mol. The van der Waals surface area contributed by atoms with Crippen LogP contribution in [0.5, 0.6) is 0 Å². The highest BCUT2D eigenvalue weighted by molar-refractivity contribution is 9.10. The molecule has 3 atom stereocenters. The first-order valence-electron chi connectivity index (χ1n) is 11.7. The van der Waals surface area contributed by atoms with Crippen molar-refractivity contribution in [1.82, 2.24) is 24.6 Å². The normalized spacial score (nSPS) is 22.4. The van der Waals surface area contributed by atoms with E-state index in [4.69, 9.17) is 5.11 Å². The number of piperidine rings is 1. The Bertz CT molecular complexity index is 1380. The maximum Gasteiger partial charge on any atom is 0.305 e. The van der Waals surface area contributed by atoms with Crippen molar-refractivity contribution >= 4 is 56.3 Å². The molecule has 3 aromatic rings. The van der Waals surface area contributed by atoms with E-state index in [1.54, 1.807) is 34.1 Å². The minimum Gasteiger partial charge on any atom is -0.481 e. The number of aliphatic carboxylic acids is 1. The molecule has 0 radical (unpaired) electrons. The molecule has 2 amide bonds. The molecule has 4 heterocycles. The lowest BCUT2D eigenvalue weighted by molar-refractivity contribution is -0.138. The minimum atomic E-state index is -0.915. The van der Waals surface area contributed by atoms with Crippen LogP contribution in [0.4, 0.5) is 11.6 Å². The molecular weight excluding hydrogens is 530 g/mol. The highest BCUT2D eigenvalue weighted by atomic mass is 79.9. The number of likely N-dealkylation sites (tertiary alicyclic amines) is 1. The van der Waals surface area contributed by atoms with Crippen LogP contribution in [0.15, 0.2) is 35.2 Å². The van der Waals surface area contributed by atoms with Gasteiger partial charge in [0.15, 0.2) is 5.82 Å². The van der Waals surface area contributed by atoms with Crippen molar-refractivity contribution in [1.29, 1.82) is 0 Å². The van der Waals surface area contributed by atoms with Crippen LogP contribution in [0.25, 0.3) is 10.9 Å². The summed E-state index contributed by atoms with van der Waals surface area (Å²) in [6, 6.07) is 4.84. The van der Waals surface area contributed by atoms with Crippen LogP contribution in [0.2, 0.25) is 0 Å². The van der Waals surface area contributed by atoms with Gasteiger partial charge in [0, 0.05) is 24.2 Å². The summed E-state index contributed by atoms with van der Waals surface area (Å²) in [5, 5.41) is 20.1. The molecule has 12 heteroatoms. The van der Waals surface area contributed by atoms with Crippen LogP contribution in [0.3, 0.4) is 0 Å². The van der Waals surface area contributed by atoms with E-state index in [-0.39, 0.29) is 42.8 Å². The fourth-order valence-corrected chi connectivity index (χ4v) is 5.27. The lowest BCUT2D eigenvalue weighted by Gasteiger charge is -2.27. The summed E-state index contributed by atoms with van der Waals surface area (Å²) in [6.07, 6.45) is 4.63. The molecule has 3 unspecified atom stereocenters. The summed E-state index contributed by atoms with van der Waals surface area (Å²) in [5.41, 5.74) is 1.41. The van der Waals surface area contributed by atoms with Gasteiger partial charge in [0.1, 0.15) is 23.0 Å². The third-order valence-corrected chi connectivity index (χ3v) is 7.44. The third kappa shape index (κ3) is 4.52. The fraction of sp³-hybridized carbons (Fsp3) is 0.417. The van der Waals surface area contributed by atoms with Gasteiger partial charge in [-0.1, -0.05) is 13.0 Å². The molecular formula is C24H26BrN7O4. The average molecular weight is 556 g/mol. The summed E-state index contributed by atoms with van der Waals surface area (Å²) in [4.78, 5) is 48.0. The van der Waals surface area contributed by atoms with Crippen molar-refractivity contribution in [2.45, 2.75) is 51.7 Å². The van der Waals surface area contributed by atoms with Crippen LogP contribution < -0.4 is 10.6 Å². The summed E-state index contributed by atoms with van der Waals surface area (Å²) in [5.74, 6) is -0.417. The number of rotatable bonds is 8. The van der Waals surface area contributed by atoms with Crippen LogP contribution in [-0.2, 0) is 20.9 Å². The second-order valence-electron chi connectivity index (χ2n) is 9.65. The number of halogens is 1. The number of anilines is 2. The quantitative estimate of drug-likeness (QED) is 0.360. The molecule has 1 aliphatic carbocycles. The lowest BCUT2D eigenvalue weighted by atomic mass is 10.0. The molecule has 1 saturated carbocycles. The number of carbonyl (C=O) groups is 3. The number of hydrogen-bond donors (Lipinski definition) is 3. The van der Waals surface area contributed by atoms with Gasteiger partial charge in [-0.2, -0.15) is 5.10 Å². The zero-order valence-corrected chi connectivity index (χ0v) is 21.4. The number of carboxylic acid groups (broad SMARTS) is 1. The number of aryl methyl sites for hydroxylation is 1. The summed E-state index contributed by atoms with van der Waals surface area (Å²) in [6.45, 7) is 4.11. The summed E-state index contributed by atoms with van der Waals surface area (Å²) < 4.78 is 2.17. The second-order valence-corrected chi connectivity index (χ2v) is 10.5. The summed E-state index contributed by atoms with van der Waals surface area (Å²) >= 11 is 3.34. The number of fused-ring (bicyclic) bond motifs is 2. The van der Waals surface area contributed by atoms with E-state index in [0.29, 0.717) is 28.2 Å². The van der Waals surface area contributed by atoms with Gasteiger partial charge in [-0.25, -0.2) is 4.98 Å². The van der Waals surface area contributed by atoms with E-state index < -0.39 is 12.0 Å². The number of amides is 2. The highest BCUT2D eigenvalue weighted by Gasteiger charge is 2.64. The molecule has 36 heavy (non-hydrogen) atoms. The van der Waals surface area contributed by atoms with E-state index in [0.717, 1.165) is 17.4 Å². The van der Waals surface area contributed by atoms with Gasteiger partial charge in [-0.3, -0.25) is 24.0 Å². The zero-order valence-electron chi connectivity index (χ0n) is 19.9. The number of pyridine rings is 2. The Labute approximate surface area is 215 Å². The number of carbonyl (C=O) groups excluding carboxylic acids is 2. The van der Waals surface area contributed by atoms with Crippen LogP contribution >= 0.6 is 15.9 Å². The van der Waals surface area contributed by atoms with E-state index in [1.807, 2.05) is 13.0 Å². The smallest absolute Gasteiger partial charge is 0.305 e. The Kier molecular flexibility index (Phi) is 6.15. The van der Waals surface area contributed by atoms with Crippen molar-refractivity contribution in [3.8, 4) is 0 Å². The molecule has 2 fully saturated rings. The Morgan fingerprint density at radius 3 is 2.81 bits per heavy atom. The first-order valence-corrected chi connectivity index (χ1v) is 12.5. The Hall–Kier alpha value is -3.54. The largest absolute Gasteiger partial charge is 0.481 e. The Morgan fingerprint density at radius 1 is 1.22 bits per heavy atom. The molecule has 188 valence electrons. The van der Waals surface area contributed by atoms with Crippen molar-refractivity contribution in [2.24, 2.45) is 5.41 Å². The Morgan fingerprint density at radius 2 is 2.03 bits per heavy atom. The number of nitrogens with one attached hydrogen (secondary N) is 2. The third-order valence-electron chi connectivity index (χ3n) is 7.00. The standard InChI is InChI=1S/C24H26BrN7O4/c1-13-3-4-18(25)28-21(13)29-23(36)15-9-24(2)10-17(24)32(15)19(33)12-31-16-11-26-7-5-14(16)22(30-31)27-8-6-20(34)35/h3-5,7,11,15,17H,6,8-10,12H2,1-2H3,(H,27,30)(H,34,35)(H,28,29,36). The SMILES string of the molecule is Cc1ccc(Br)nc1NC(=O)C1CC2(C)CC2N1C(=O)Cn1nc(NCCC(=O)O)c2ccncc21. The lowest BCUT2D eigenvalue weighted by Crippen LogP contribution is -2.47. The van der Waals surface area contributed by atoms with E-state index >= 15 is 0 Å². The molecule has 1 saturated heterocycles. The number of nitrogens with zero attached hydrogens (tertiary/aromatic N) is 5. The molecule has 11 nitrogen and oxygen atoms in total. The van der Waals surface area contributed by atoms with Crippen LogP contribution in [0.1, 0.15) is 31.7 Å². The molecule has 3 N–H and O–H groups in total. The Balaban J connectivity index is 1.36.